The van der Waals surface area contributed by atoms with Crippen molar-refractivity contribution >= 4 is 11.9 Å². The molecule has 1 atom stereocenters. The van der Waals surface area contributed by atoms with Crippen LogP contribution in [-0.4, -0.2) is 41.2 Å². The second-order valence-corrected chi connectivity index (χ2v) is 5.24. The standard InChI is InChI=1S/C16H17N3O3/c1-22-13-4-2-11(3-5-13)14-6-8-17-16(18-14)19-9-7-12(10-19)15(20)21/h2-6,8,12H,7,9-10H2,1H3,(H,20,21). The highest BCUT2D eigenvalue weighted by atomic mass is 16.5. The van der Waals surface area contributed by atoms with Gasteiger partial charge in [0.2, 0.25) is 5.95 Å². The predicted molar refractivity (Wildman–Crippen MR) is 82.0 cm³/mol. The number of hydrogen-bond acceptors (Lipinski definition) is 5. The van der Waals surface area contributed by atoms with Crippen LogP contribution >= 0.6 is 0 Å². The van der Waals surface area contributed by atoms with E-state index in [1.807, 2.05) is 35.2 Å². The van der Waals surface area contributed by atoms with Crippen molar-refractivity contribution in [2.75, 3.05) is 25.1 Å². The number of benzene rings is 1. The summed E-state index contributed by atoms with van der Waals surface area (Å²) in [5.41, 5.74) is 1.78. The summed E-state index contributed by atoms with van der Waals surface area (Å²) in [5, 5.41) is 9.08. The number of aliphatic carboxylic acids is 1. The molecule has 3 rings (SSSR count). The molecule has 1 aromatic heterocycles. The van der Waals surface area contributed by atoms with Crippen molar-refractivity contribution in [2.24, 2.45) is 5.92 Å². The van der Waals surface area contributed by atoms with Crippen LogP contribution in [0, 0.1) is 5.92 Å². The first-order chi connectivity index (χ1) is 10.7. The fraction of sp³-hybridized carbons (Fsp3) is 0.312. The molecule has 1 N–H and O–H groups in total. The van der Waals surface area contributed by atoms with Gasteiger partial charge in [0.1, 0.15) is 5.75 Å². The minimum atomic E-state index is -0.756. The molecule has 0 aliphatic carbocycles. The van der Waals surface area contributed by atoms with Crippen molar-refractivity contribution < 1.29 is 14.6 Å². The molecule has 0 radical (unpaired) electrons. The first-order valence-corrected chi connectivity index (χ1v) is 7.12. The van der Waals surface area contributed by atoms with Crippen molar-refractivity contribution in [3.63, 3.8) is 0 Å². The molecule has 1 aromatic carbocycles. The van der Waals surface area contributed by atoms with Gasteiger partial charge in [0.05, 0.1) is 18.7 Å². The Morgan fingerprint density at radius 1 is 1.32 bits per heavy atom. The van der Waals surface area contributed by atoms with Gasteiger partial charge in [-0.05, 0) is 36.8 Å². The summed E-state index contributed by atoms with van der Waals surface area (Å²) in [7, 11) is 1.63. The quantitative estimate of drug-likeness (QED) is 0.931. The van der Waals surface area contributed by atoms with Crippen molar-refractivity contribution in [1.29, 1.82) is 0 Å². The van der Waals surface area contributed by atoms with Crippen LogP contribution in [0.3, 0.4) is 0 Å². The number of hydrogen-bond donors (Lipinski definition) is 1. The minimum absolute atomic E-state index is 0.340. The van der Waals surface area contributed by atoms with Gasteiger partial charge in [-0.15, -0.1) is 0 Å². The summed E-state index contributed by atoms with van der Waals surface area (Å²) in [6.07, 6.45) is 2.33. The van der Waals surface area contributed by atoms with E-state index in [1.54, 1.807) is 13.3 Å². The fourth-order valence-electron chi connectivity index (χ4n) is 2.57. The van der Waals surface area contributed by atoms with Gasteiger partial charge in [-0.2, -0.15) is 0 Å². The van der Waals surface area contributed by atoms with Crippen molar-refractivity contribution in [2.45, 2.75) is 6.42 Å². The molecule has 0 saturated carbocycles. The molecule has 1 saturated heterocycles. The Balaban J connectivity index is 1.82. The number of methoxy groups -OCH3 is 1. The molecule has 1 aliphatic rings. The van der Waals surface area contributed by atoms with Crippen molar-refractivity contribution in [3.05, 3.63) is 36.5 Å². The van der Waals surface area contributed by atoms with Crippen LogP contribution in [0.4, 0.5) is 5.95 Å². The zero-order valence-corrected chi connectivity index (χ0v) is 12.3. The fourth-order valence-corrected chi connectivity index (χ4v) is 2.57. The average molecular weight is 299 g/mol. The van der Waals surface area contributed by atoms with Gasteiger partial charge < -0.3 is 14.7 Å². The Kier molecular flexibility index (Phi) is 3.91. The number of anilines is 1. The number of carbonyl (C=O) groups is 1. The second-order valence-electron chi connectivity index (χ2n) is 5.24. The van der Waals surface area contributed by atoms with Gasteiger partial charge >= 0.3 is 5.97 Å². The monoisotopic (exact) mass is 299 g/mol. The molecule has 6 nitrogen and oxygen atoms in total. The van der Waals surface area contributed by atoms with Gasteiger partial charge in [-0.1, -0.05) is 0 Å². The lowest BCUT2D eigenvalue weighted by atomic mass is 10.1. The Labute approximate surface area is 128 Å². The van der Waals surface area contributed by atoms with E-state index < -0.39 is 5.97 Å². The summed E-state index contributed by atoms with van der Waals surface area (Å²) >= 11 is 0. The molecule has 0 amide bonds. The maximum Gasteiger partial charge on any atom is 0.308 e. The third kappa shape index (κ3) is 2.86. The topological polar surface area (TPSA) is 75.5 Å². The Morgan fingerprint density at radius 3 is 2.73 bits per heavy atom. The highest BCUT2D eigenvalue weighted by molar-refractivity contribution is 5.71. The molecule has 2 aromatic rings. The molecule has 0 spiro atoms. The Bertz CT molecular complexity index is 673. The summed E-state index contributed by atoms with van der Waals surface area (Å²) in [5.74, 6) is 0.279. The minimum Gasteiger partial charge on any atom is -0.497 e. The van der Waals surface area contributed by atoms with E-state index in [-0.39, 0.29) is 5.92 Å². The molecule has 1 unspecified atom stereocenters. The average Bonchev–Trinajstić information content (AvgIpc) is 3.05. The summed E-state index contributed by atoms with van der Waals surface area (Å²) in [4.78, 5) is 21.8. The SMILES string of the molecule is COc1ccc(-c2ccnc(N3CCC(C(=O)O)C3)n2)cc1. The third-order valence-corrected chi connectivity index (χ3v) is 3.85. The molecule has 2 heterocycles. The molecule has 1 aliphatic heterocycles. The van der Waals surface area contributed by atoms with Gasteiger partial charge in [0.15, 0.2) is 0 Å². The molecule has 0 bridgehead atoms. The molecule has 22 heavy (non-hydrogen) atoms. The van der Waals surface area contributed by atoms with E-state index in [4.69, 9.17) is 9.84 Å². The molecule has 6 heteroatoms. The van der Waals surface area contributed by atoms with Crippen LogP contribution in [0.1, 0.15) is 6.42 Å². The Morgan fingerprint density at radius 2 is 2.09 bits per heavy atom. The third-order valence-electron chi connectivity index (χ3n) is 3.85. The van der Waals surface area contributed by atoms with Gasteiger partial charge in [-0.25, -0.2) is 9.97 Å². The number of rotatable bonds is 4. The first kappa shape index (κ1) is 14.3. The number of carboxylic acid groups (broad SMARTS) is 1. The van der Waals surface area contributed by atoms with Gasteiger partial charge in [-0.3, -0.25) is 4.79 Å². The molecule has 114 valence electrons. The zero-order chi connectivity index (χ0) is 15.5. The lowest BCUT2D eigenvalue weighted by molar-refractivity contribution is -0.140. The van der Waals surface area contributed by atoms with E-state index >= 15 is 0 Å². The van der Waals surface area contributed by atoms with E-state index in [9.17, 15) is 4.79 Å². The largest absolute Gasteiger partial charge is 0.497 e. The van der Waals surface area contributed by atoms with Crippen LogP contribution < -0.4 is 9.64 Å². The predicted octanol–water partition coefficient (Wildman–Crippen LogP) is 2.06. The maximum atomic E-state index is 11.0. The highest BCUT2D eigenvalue weighted by Gasteiger charge is 2.29. The van der Waals surface area contributed by atoms with Gasteiger partial charge in [0, 0.05) is 24.8 Å². The lowest BCUT2D eigenvalue weighted by Crippen LogP contribution is -2.24. The van der Waals surface area contributed by atoms with Crippen molar-refractivity contribution in [3.8, 4) is 17.0 Å². The normalized spacial score (nSPS) is 17.5. The van der Waals surface area contributed by atoms with E-state index in [2.05, 4.69) is 9.97 Å². The van der Waals surface area contributed by atoms with E-state index in [1.165, 1.54) is 0 Å². The zero-order valence-electron chi connectivity index (χ0n) is 12.3. The van der Waals surface area contributed by atoms with Crippen LogP contribution in [-0.2, 0) is 4.79 Å². The number of aromatic nitrogens is 2. The van der Waals surface area contributed by atoms with Crippen LogP contribution in [0.15, 0.2) is 36.5 Å². The van der Waals surface area contributed by atoms with E-state index in [0.717, 1.165) is 17.0 Å². The first-order valence-electron chi connectivity index (χ1n) is 7.12. The Hall–Kier alpha value is -2.63. The van der Waals surface area contributed by atoms with Crippen LogP contribution in [0.25, 0.3) is 11.3 Å². The molecular formula is C16H17N3O3. The number of carboxylic acids is 1. The number of ether oxygens (including phenoxy) is 1. The lowest BCUT2D eigenvalue weighted by Gasteiger charge is -2.16. The molecule has 1 fully saturated rings. The summed E-state index contributed by atoms with van der Waals surface area (Å²) < 4.78 is 5.15. The van der Waals surface area contributed by atoms with Crippen LogP contribution in [0.5, 0.6) is 5.75 Å². The highest BCUT2D eigenvalue weighted by Crippen LogP contribution is 2.25. The molecular weight excluding hydrogens is 282 g/mol. The van der Waals surface area contributed by atoms with Crippen molar-refractivity contribution in [1.82, 2.24) is 9.97 Å². The maximum absolute atomic E-state index is 11.0. The second kappa shape index (κ2) is 6.01. The van der Waals surface area contributed by atoms with E-state index in [0.29, 0.717) is 25.5 Å². The summed E-state index contributed by atoms with van der Waals surface area (Å²) in [6, 6.07) is 9.49. The summed E-state index contributed by atoms with van der Waals surface area (Å²) in [6.45, 7) is 1.13. The smallest absolute Gasteiger partial charge is 0.308 e. The van der Waals surface area contributed by atoms with Gasteiger partial charge in [0.25, 0.3) is 0 Å². The number of nitrogens with zero attached hydrogens (tertiary/aromatic N) is 3. The van der Waals surface area contributed by atoms with Crippen LogP contribution in [0.2, 0.25) is 0 Å².